The van der Waals surface area contributed by atoms with Crippen LogP contribution in [0.15, 0.2) is 0 Å². The summed E-state index contributed by atoms with van der Waals surface area (Å²) in [7, 11) is -1.76. The lowest BCUT2D eigenvalue weighted by Crippen LogP contribution is -2.48. The van der Waals surface area contributed by atoms with E-state index in [2.05, 4.69) is 33.9 Å². The van der Waals surface area contributed by atoms with Gasteiger partial charge in [-0.05, 0) is 18.9 Å². The van der Waals surface area contributed by atoms with Gasteiger partial charge in [0.2, 0.25) is 0 Å². The van der Waals surface area contributed by atoms with Crippen LogP contribution in [-0.4, -0.2) is 25.1 Å². The zero-order chi connectivity index (χ0) is 11.7. The van der Waals surface area contributed by atoms with E-state index in [0.717, 1.165) is 0 Å². The van der Waals surface area contributed by atoms with Gasteiger partial charge in [0.25, 0.3) is 0 Å². The molecule has 0 unspecified atom stereocenters. The average molecular weight is 216 g/mol. The Morgan fingerprint density at radius 3 is 1.71 bits per heavy atom. The molecule has 1 N–H and O–H groups in total. The molecule has 0 aliphatic heterocycles. The van der Waals surface area contributed by atoms with Gasteiger partial charge < -0.3 is 5.11 Å². The molecule has 2 nitrogen and oxygen atoms in total. The van der Waals surface area contributed by atoms with Crippen molar-refractivity contribution in [2.75, 3.05) is 0 Å². The number of aliphatic hydroxyl groups excluding tert-OH is 1. The average Bonchev–Trinajstić information content (AvgIpc) is 1.79. The highest BCUT2D eigenvalue weighted by molar-refractivity contribution is 6.84. The van der Waals surface area contributed by atoms with Crippen LogP contribution in [-0.2, 0) is 4.79 Å². The predicted octanol–water partition coefficient (Wildman–Crippen LogP) is 2.83. The topological polar surface area (TPSA) is 37.3 Å². The molecular formula is C11H24O2Si. The monoisotopic (exact) mass is 216 g/mol. The third-order valence-electron chi connectivity index (χ3n) is 3.63. The van der Waals surface area contributed by atoms with Crippen LogP contribution in [0.25, 0.3) is 0 Å². The first kappa shape index (κ1) is 13.8. The Bertz CT molecular complexity index is 214. The van der Waals surface area contributed by atoms with E-state index in [0.29, 0.717) is 0 Å². The van der Waals surface area contributed by atoms with E-state index < -0.39 is 14.2 Å². The minimum Gasteiger partial charge on any atom is -0.393 e. The van der Waals surface area contributed by atoms with E-state index in [1.165, 1.54) is 0 Å². The van der Waals surface area contributed by atoms with Gasteiger partial charge in [-0.15, -0.1) is 0 Å². The third-order valence-corrected chi connectivity index (χ3v) is 9.94. The molecule has 0 aromatic carbocycles. The van der Waals surface area contributed by atoms with Crippen LogP contribution in [0, 0.1) is 0 Å². The molecule has 0 radical (unpaired) electrons. The fraction of sp³-hybridized carbons (Fsp3) is 0.909. The van der Waals surface area contributed by atoms with Crippen LogP contribution in [0.4, 0.5) is 0 Å². The van der Waals surface area contributed by atoms with Crippen molar-refractivity contribution in [3.63, 3.8) is 0 Å². The molecule has 0 bridgehead atoms. The number of carbonyl (C=O) groups is 1. The first-order valence-electron chi connectivity index (χ1n) is 5.20. The van der Waals surface area contributed by atoms with Gasteiger partial charge in [-0.25, -0.2) is 0 Å². The van der Waals surface area contributed by atoms with Crippen LogP contribution in [0.2, 0.25) is 23.7 Å². The Morgan fingerprint density at radius 1 is 1.29 bits per heavy atom. The standard InChI is InChI=1S/C11H24O2Si/c1-8(12)10(9(2)13)14(6,7)11(3,4)5/h8,10,12H,1-7H3/t8-,10+/m0/s1. The maximum Gasteiger partial charge on any atom is 0.132 e. The fourth-order valence-electron chi connectivity index (χ4n) is 1.92. The summed E-state index contributed by atoms with van der Waals surface area (Å²) in [6, 6.07) is 0. The molecule has 84 valence electrons. The van der Waals surface area contributed by atoms with E-state index in [1.807, 2.05) is 0 Å². The number of carbonyl (C=O) groups excluding carboxylic acids is 1. The summed E-state index contributed by atoms with van der Waals surface area (Å²) < 4.78 is 0. The molecule has 0 spiro atoms. The third kappa shape index (κ3) is 2.67. The number of Topliss-reactive ketones (excluding diaryl/α,β-unsaturated/α-hetero) is 1. The van der Waals surface area contributed by atoms with Crippen LogP contribution in [0.1, 0.15) is 34.6 Å². The second kappa shape index (κ2) is 4.15. The van der Waals surface area contributed by atoms with Crippen molar-refractivity contribution in [3.05, 3.63) is 0 Å². The lowest BCUT2D eigenvalue weighted by molar-refractivity contribution is -0.118. The van der Waals surface area contributed by atoms with Crippen LogP contribution >= 0.6 is 0 Å². The van der Waals surface area contributed by atoms with Crippen LogP contribution in [0.5, 0.6) is 0 Å². The van der Waals surface area contributed by atoms with Crippen LogP contribution in [0.3, 0.4) is 0 Å². The van der Waals surface area contributed by atoms with E-state index in [4.69, 9.17) is 0 Å². The lowest BCUT2D eigenvalue weighted by Gasteiger charge is -2.43. The van der Waals surface area contributed by atoms with Gasteiger partial charge in [0.15, 0.2) is 0 Å². The quantitative estimate of drug-likeness (QED) is 0.737. The second-order valence-electron chi connectivity index (χ2n) is 5.80. The maximum absolute atomic E-state index is 11.6. The van der Waals surface area contributed by atoms with Crippen molar-refractivity contribution < 1.29 is 9.90 Å². The summed E-state index contributed by atoms with van der Waals surface area (Å²) in [4.78, 5) is 11.6. The lowest BCUT2D eigenvalue weighted by atomic mass is 10.2. The van der Waals surface area contributed by atoms with Crippen molar-refractivity contribution >= 4 is 13.9 Å². The molecule has 2 atom stereocenters. The molecular weight excluding hydrogens is 192 g/mol. The molecule has 3 heteroatoms. The van der Waals surface area contributed by atoms with Crippen molar-refractivity contribution in [1.82, 2.24) is 0 Å². The van der Waals surface area contributed by atoms with E-state index >= 15 is 0 Å². The Labute approximate surface area is 88.7 Å². The van der Waals surface area contributed by atoms with Crippen molar-refractivity contribution in [2.45, 2.75) is 64.4 Å². The Morgan fingerprint density at radius 2 is 1.64 bits per heavy atom. The van der Waals surface area contributed by atoms with E-state index in [9.17, 15) is 9.90 Å². The summed E-state index contributed by atoms with van der Waals surface area (Å²) in [5.41, 5.74) is -0.150. The largest absolute Gasteiger partial charge is 0.393 e. The SMILES string of the molecule is CC(=O)[C@@H]([C@H](C)O)[Si](C)(C)C(C)(C)C. The molecule has 0 aromatic heterocycles. The molecule has 0 aliphatic rings. The number of hydrogen-bond acceptors (Lipinski definition) is 2. The van der Waals surface area contributed by atoms with Gasteiger partial charge in [-0.2, -0.15) is 0 Å². The second-order valence-corrected chi connectivity index (χ2v) is 11.4. The summed E-state index contributed by atoms with van der Waals surface area (Å²) in [6.07, 6.45) is -0.520. The Balaban J connectivity index is 5.11. The Hall–Kier alpha value is -0.153. The molecule has 0 aromatic rings. The van der Waals surface area contributed by atoms with Crippen molar-refractivity contribution in [3.8, 4) is 0 Å². The zero-order valence-corrected chi connectivity index (χ0v) is 11.5. The minimum atomic E-state index is -1.76. The van der Waals surface area contributed by atoms with E-state index in [1.54, 1.807) is 13.8 Å². The van der Waals surface area contributed by atoms with Gasteiger partial charge in [0.05, 0.1) is 14.2 Å². The summed E-state index contributed by atoms with van der Waals surface area (Å²) in [6.45, 7) is 14.2. The molecule has 0 fully saturated rings. The highest BCUT2D eigenvalue weighted by Crippen LogP contribution is 2.45. The number of ketones is 1. The predicted molar refractivity (Wildman–Crippen MR) is 63.3 cm³/mol. The number of hydrogen-bond donors (Lipinski definition) is 1. The number of aliphatic hydroxyl groups is 1. The first-order valence-corrected chi connectivity index (χ1v) is 8.28. The van der Waals surface area contributed by atoms with Crippen molar-refractivity contribution in [1.29, 1.82) is 0 Å². The first-order chi connectivity index (χ1) is 6.01. The summed E-state index contributed by atoms with van der Waals surface area (Å²) in [5.74, 6) is 0.131. The Kier molecular flexibility index (Phi) is 4.10. The molecule has 0 amide bonds. The normalized spacial score (nSPS) is 17.7. The van der Waals surface area contributed by atoms with Gasteiger partial charge in [-0.1, -0.05) is 33.9 Å². The van der Waals surface area contributed by atoms with Crippen LogP contribution < -0.4 is 0 Å². The van der Waals surface area contributed by atoms with Gasteiger partial charge in [0.1, 0.15) is 5.78 Å². The molecule has 0 heterocycles. The number of rotatable bonds is 3. The minimum absolute atomic E-state index is 0.131. The van der Waals surface area contributed by atoms with E-state index in [-0.39, 0.29) is 16.4 Å². The van der Waals surface area contributed by atoms with Gasteiger partial charge >= 0.3 is 0 Å². The highest BCUT2D eigenvalue weighted by atomic mass is 28.3. The molecule has 14 heavy (non-hydrogen) atoms. The molecule has 0 saturated carbocycles. The zero-order valence-electron chi connectivity index (χ0n) is 10.5. The molecule has 0 aliphatic carbocycles. The summed E-state index contributed by atoms with van der Waals surface area (Å²) >= 11 is 0. The molecule has 0 saturated heterocycles. The summed E-state index contributed by atoms with van der Waals surface area (Å²) in [5, 5.41) is 9.83. The highest BCUT2D eigenvalue weighted by Gasteiger charge is 2.46. The maximum atomic E-state index is 11.6. The van der Waals surface area contributed by atoms with Gasteiger partial charge in [0, 0.05) is 5.54 Å². The molecule has 0 rings (SSSR count). The van der Waals surface area contributed by atoms with Crippen molar-refractivity contribution in [2.24, 2.45) is 0 Å². The van der Waals surface area contributed by atoms with Gasteiger partial charge in [-0.3, -0.25) is 4.79 Å². The fourth-order valence-corrected chi connectivity index (χ4v) is 5.07. The smallest absolute Gasteiger partial charge is 0.132 e.